The molecule has 2 heterocycles. The zero-order valence-electron chi connectivity index (χ0n) is 12.1. The molecule has 2 aliphatic heterocycles. The van der Waals surface area contributed by atoms with Gasteiger partial charge in [-0.25, -0.2) is 0 Å². The molecule has 4 heteroatoms. The number of nitrogens with one attached hydrogen (secondary N) is 1. The average molecular weight is 293 g/mol. The highest BCUT2D eigenvalue weighted by molar-refractivity contribution is 7.99. The van der Waals surface area contributed by atoms with Crippen LogP contribution in [0.25, 0.3) is 0 Å². The zero-order valence-corrected chi connectivity index (χ0v) is 12.9. The highest BCUT2D eigenvalue weighted by atomic mass is 32.2. The van der Waals surface area contributed by atoms with Gasteiger partial charge in [0.15, 0.2) is 11.5 Å². The Morgan fingerprint density at radius 1 is 1.20 bits per heavy atom. The standard InChI is InChI=1S/C16H23NO2S/c1-18-16-14(12-5-8-17-9-6-12)3-2-4-15(16)19-13-7-10-20-11-13/h2-4,12-13,17H,5-11H2,1H3. The Balaban J connectivity index is 1.82. The van der Waals surface area contributed by atoms with Crippen molar-refractivity contribution in [1.82, 2.24) is 5.32 Å². The van der Waals surface area contributed by atoms with Gasteiger partial charge in [-0.2, -0.15) is 11.8 Å². The van der Waals surface area contributed by atoms with E-state index in [1.165, 1.54) is 24.2 Å². The van der Waals surface area contributed by atoms with Gasteiger partial charge in [-0.05, 0) is 50.1 Å². The van der Waals surface area contributed by atoms with Crippen molar-refractivity contribution in [2.45, 2.75) is 31.3 Å². The first kappa shape index (κ1) is 14.1. The van der Waals surface area contributed by atoms with Gasteiger partial charge in [-0.1, -0.05) is 12.1 Å². The summed E-state index contributed by atoms with van der Waals surface area (Å²) in [5.41, 5.74) is 1.32. The smallest absolute Gasteiger partial charge is 0.164 e. The van der Waals surface area contributed by atoms with Crippen LogP contribution in [0.3, 0.4) is 0 Å². The number of hydrogen-bond acceptors (Lipinski definition) is 4. The van der Waals surface area contributed by atoms with Crippen LogP contribution in [0.4, 0.5) is 0 Å². The molecule has 3 nitrogen and oxygen atoms in total. The molecule has 0 radical (unpaired) electrons. The van der Waals surface area contributed by atoms with Crippen molar-refractivity contribution < 1.29 is 9.47 Å². The maximum Gasteiger partial charge on any atom is 0.164 e. The number of piperidine rings is 1. The lowest BCUT2D eigenvalue weighted by Crippen LogP contribution is -2.27. The summed E-state index contributed by atoms with van der Waals surface area (Å²) >= 11 is 1.97. The van der Waals surface area contributed by atoms with Crippen molar-refractivity contribution in [1.29, 1.82) is 0 Å². The number of para-hydroxylation sites is 1. The second-order valence-corrected chi connectivity index (χ2v) is 6.66. The highest BCUT2D eigenvalue weighted by Crippen LogP contribution is 2.40. The minimum Gasteiger partial charge on any atom is -0.493 e. The van der Waals surface area contributed by atoms with Crippen molar-refractivity contribution >= 4 is 11.8 Å². The number of hydrogen-bond donors (Lipinski definition) is 1. The van der Waals surface area contributed by atoms with Crippen LogP contribution in [0, 0.1) is 0 Å². The zero-order chi connectivity index (χ0) is 13.8. The van der Waals surface area contributed by atoms with Crippen molar-refractivity contribution in [2.75, 3.05) is 31.7 Å². The van der Waals surface area contributed by atoms with Crippen LogP contribution in [0.5, 0.6) is 11.5 Å². The van der Waals surface area contributed by atoms with Gasteiger partial charge in [0.1, 0.15) is 6.10 Å². The first-order valence-electron chi connectivity index (χ1n) is 7.50. The highest BCUT2D eigenvalue weighted by Gasteiger charge is 2.23. The lowest BCUT2D eigenvalue weighted by Gasteiger charge is -2.26. The molecule has 1 aromatic rings. The van der Waals surface area contributed by atoms with Crippen molar-refractivity contribution in [3.8, 4) is 11.5 Å². The van der Waals surface area contributed by atoms with Gasteiger partial charge in [0.25, 0.3) is 0 Å². The van der Waals surface area contributed by atoms with Crippen LogP contribution in [0.1, 0.15) is 30.7 Å². The third-order valence-corrected chi connectivity index (χ3v) is 5.31. The normalized spacial score (nSPS) is 23.8. The van der Waals surface area contributed by atoms with E-state index in [2.05, 4.69) is 17.4 Å². The van der Waals surface area contributed by atoms with E-state index in [0.29, 0.717) is 12.0 Å². The molecular weight excluding hydrogens is 270 g/mol. The molecule has 1 aromatic carbocycles. The van der Waals surface area contributed by atoms with Crippen molar-refractivity contribution in [2.24, 2.45) is 0 Å². The van der Waals surface area contributed by atoms with Crippen molar-refractivity contribution in [3.05, 3.63) is 23.8 Å². The molecule has 1 unspecified atom stereocenters. The molecule has 3 rings (SSSR count). The topological polar surface area (TPSA) is 30.5 Å². The lowest BCUT2D eigenvalue weighted by molar-refractivity contribution is 0.217. The summed E-state index contributed by atoms with van der Waals surface area (Å²) in [6.45, 7) is 2.19. The van der Waals surface area contributed by atoms with Gasteiger partial charge in [0.2, 0.25) is 0 Å². The molecule has 2 saturated heterocycles. The minimum atomic E-state index is 0.345. The van der Waals surface area contributed by atoms with Crippen LogP contribution >= 0.6 is 11.8 Å². The summed E-state index contributed by atoms with van der Waals surface area (Å²) in [4.78, 5) is 0. The van der Waals surface area contributed by atoms with Gasteiger partial charge in [0.05, 0.1) is 7.11 Å². The van der Waals surface area contributed by atoms with Crippen LogP contribution in [-0.2, 0) is 0 Å². The summed E-state index contributed by atoms with van der Waals surface area (Å²) in [6, 6.07) is 6.36. The van der Waals surface area contributed by atoms with Gasteiger partial charge in [-0.3, -0.25) is 0 Å². The molecule has 2 fully saturated rings. The van der Waals surface area contributed by atoms with E-state index in [4.69, 9.17) is 9.47 Å². The number of benzene rings is 1. The van der Waals surface area contributed by atoms with Crippen LogP contribution < -0.4 is 14.8 Å². The Bertz CT molecular complexity index is 440. The summed E-state index contributed by atoms with van der Waals surface area (Å²) in [5.74, 6) is 4.78. The fraction of sp³-hybridized carbons (Fsp3) is 0.625. The van der Waals surface area contributed by atoms with Crippen LogP contribution in [0.15, 0.2) is 18.2 Å². The Hall–Kier alpha value is -0.870. The number of thioether (sulfide) groups is 1. The van der Waals surface area contributed by atoms with Gasteiger partial charge < -0.3 is 14.8 Å². The first-order chi connectivity index (χ1) is 9.88. The number of rotatable bonds is 4. The predicted molar refractivity (Wildman–Crippen MR) is 84.2 cm³/mol. The van der Waals surface area contributed by atoms with Gasteiger partial charge >= 0.3 is 0 Å². The van der Waals surface area contributed by atoms with Crippen molar-refractivity contribution in [3.63, 3.8) is 0 Å². The maximum atomic E-state index is 6.17. The van der Waals surface area contributed by atoms with Crippen LogP contribution in [0.2, 0.25) is 0 Å². The summed E-state index contributed by atoms with van der Waals surface area (Å²) < 4.78 is 11.9. The second kappa shape index (κ2) is 6.72. The molecular formula is C16H23NO2S. The first-order valence-corrected chi connectivity index (χ1v) is 8.66. The van der Waals surface area contributed by atoms with Gasteiger partial charge in [0, 0.05) is 11.3 Å². The quantitative estimate of drug-likeness (QED) is 0.924. The van der Waals surface area contributed by atoms with E-state index in [9.17, 15) is 0 Å². The summed E-state index contributed by atoms with van der Waals surface area (Å²) in [7, 11) is 1.76. The maximum absolute atomic E-state index is 6.17. The molecule has 1 N–H and O–H groups in total. The Labute approximate surface area is 125 Å². The largest absolute Gasteiger partial charge is 0.493 e. The average Bonchev–Trinajstić information content (AvgIpc) is 3.01. The third-order valence-electron chi connectivity index (χ3n) is 4.17. The Kier molecular flexibility index (Phi) is 4.73. The van der Waals surface area contributed by atoms with E-state index in [1.807, 2.05) is 17.8 Å². The van der Waals surface area contributed by atoms with E-state index in [-0.39, 0.29) is 0 Å². The summed E-state index contributed by atoms with van der Waals surface area (Å²) in [6.07, 6.45) is 3.85. The van der Waals surface area contributed by atoms with Crippen LogP contribution in [-0.4, -0.2) is 37.8 Å². The van der Waals surface area contributed by atoms with E-state index in [1.54, 1.807) is 7.11 Å². The molecule has 0 spiro atoms. The molecule has 0 bridgehead atoms. The monoisotopic (exact) mass is 293 g/mol. The minimum absolute atomic E-state index is 0.345. The Morgan fingerprint density at radius 3 is 2.75 bits per heavy atom. The molecule has 20 heavy (non-hydrogen) atoms. The number of ether oxygens (including phenoxy) is 2. The molecule has 0 saturated carbocycles. The summed E-state index contributed by atoms with van der Waals surface area (Å²) in [5, 5.41) is 3.42. The SMILES string of the molecule is COc1c(OC2CCSC2)cccc1C1CCNCC1. The molecule has 2 aliphatic rings. The second-order valence-electron chi connectivity index (χ2n) is 5.51. The lowest BCUT2D eigenvalue weighted by atomic mass is 9.89. The fourth-order valence-electron chi connectivity index (χ4n) is 3.08. The van der Waals surface area contributed by atoms with E-state index in [0.717, 1.165) is 36.8 Å². The van der Waals surface area contributed by atoms with E-state index < -0.39 is 0 Å². The van der Waals surface area contributed by atoms with Gasteiger partial charge in [-0.15, -0.1) is 0 Å². The fourth-order valence-corrected chi connectivity index (χ4v) is 4.18. The molecule has 0 amide bonds. The number of methoxy groups -OCH3 is 1. The molecule has 0 aliphatic carbocycles. The Morgan fingerprint density at radius 2 is 2.05 bits per heavy atom. The van der Waals surface area contributed by atoms with E-state index >= 15 is 0 Å². The third kappa shape index (κ3) is 3.07. The predicted octanol–water partition coefficient (Wildman–Crippen LogP) is 3.05. The molecule has 110 valence electrons. The molecule has 1 atom stereocenters. The molecule has 0 aromatic heterocycles.